The molecule has 0 saturated carbocycles. The highest BCUT2D eigenvalue weighted by Crippen LogP contribution is 2.36. The first kappa shape index (κ1) is 20.8. The molecule has 10 heteroatoms. The zero-order valence-corrected chi connectivity index (χ0v) is 19.3. The van der Waals surface area contributed by atoms with Gasteiger partial charge in [0.2, 0.25) is 5.70 Å². The van der Waals surface area contributed by atoms with Crippen molar-refractivity contribution in [3.8, 4) is 0 Å². The quantitative estimate of drug-likeness (QED) is 0.568. The van der Waals surface area contributed by atoms with Crippen LogP contribution in [0.4, 0.5) is 17.1 Å². The summed E-state index contributed by atoms with van der Waals surface area (Å²) in [6.45, 7) is 6.83. The van der Waals surface area contributed by atoms with Crippen molar-refractivity contribution >= 4 is 29.2 Å². The number of hydrogen-bond donors (Lipinski definition) is 3. The molecule has 1 amide bonds. The number of furan rings is 1. The predicted molar refractivity (Wildman–Crippen MR) is 130 cm³/mol. The van der Waals surface area contributed by atoms with Gasteiger partial charge < -0.3 is 20.0 Å². The van der Waals surface area contributed by atoms with E-state index in [9.17, 15) is 4.79 Å². The van der Waals surface area contributed by atoms with Crippen molar-refractivity contribution in [3.05, 3.63) is 66.7 Å². The lowest BCUT2D eigenvalue weighted by molar-refractivity contribution is -0.857. The maximum Gasteiger partial charge on any atom is 0.284 e. The monoisotopic (exact) mass is 461 g/mol. The van der Waals surface area contributed by atoms with E-state index in [-0.39, 0.29) is 10.5 Å². The molecular weight excluding hydrogens is 432 g/mol. The molecule has 2 aromatic rings. The average molecular weight is 462 g/mol. The number of anilines is 3. The SMILES string of the molecule is CC(C)N1C[C@@H]2C[C@H]1CN2c1ccc(N[N+]23C=CN(c4coc(C(N)=O)c4)C=C2C=NN3)cc1. The largest absolute Gasteiger partial charge is 0.457 e. The van der Waals surface area contributed by atoms with Crippen molar-refractivity contribution < 1.29 is 13.9 Å². The number of amides is 1. The molecule has 0 aliphatic carbocycles. The van der Waals surface area contributed by atoms with Gasteiger partial charge in [-0.25, -0.2) is 5.43 Å². The summed E-state index contributed by atoms with van der Waals surface area (Å²) in [5, 5.41) is 4.26. The first-order valence-corrected chi connectivity index (χ1v) is 11.6. The van der Waals surface area contributed by atoms with Gasteiger partial charge in [-0.1, -0.05) is 0 Å². The zero-order chi connectivity index (χ0) is 23.4. The van der Waals surface area contributed by atoms with Gasteiger partial charge in [0.15, 0.2) is 12.0 Å². The van der Waals surface area contributed by atoms with Crippen LogP contribution in [-0.2, 0) is 0 Å². The molecule has 1 aromatic heterocycles. The Labute approximate surface area is 198 Å². The average Bonchev–Trinajstić information content (AvgIpc) is 3.61. The van der Waals surface area contributed by atoms with Gasteiger partial charge in [-0.3, -0.25) is 9.69 Å². The van der Waals surface area contributed by atoms with Crippen molar-refractivity contribution in [1.29, 1.82) is 0 Å². The van der Waals surface area contributed by atoms with Crippen LogP contribution in [0.1, 0.15) is 30.8 Å². The summed E-state index contributed by atoms with van der Waals surface area (Å²) in [6, 6.07) is 12.1. The number of piperazine rings is 1. The van der Waals surface area contributed by atoms with E-state index in [0.29, 0.717) is 23.8 Å². The van der Waals surface area contributed by atoms with Crippen LogP contribution < -0.4 is 26.5 Å². The first-order chi connectivity index (χ1) is 16.4. The van der Waals surface area contributed by atoms with Crippen molar-refractivity contribution in [2.24, 2.45) is 10.8 Å². The Hall–Kier alpha value is -3.76. The molecule has 4 aliphatic rings. The lowest BCUT2D eigenvalue weighted by Gasteiger charge is -2.37. The van der Waals surface area contributed by atoms with Gasteiger partial charge in [0.1, 0.15) is 12.5 Å². The topological polar surface area (TPSA) is 102 Å². The normalized spacial score (nSPS) is 27.3. The molecule has 1 unspecified atom stereocenters. The molecule has 1 aromatic carbocycles. The highest BCUT2D eigenvalue weighted by atomic mass is 16.3. The molecule has 3 atom stereocenters. The molecule has 2 fully saturated rings. The van der Waals surface area contributed by atoms with Gasteiger partial charge in [0.25, 0.3) is 5.91 Å². The van der Waals surface area contributed by atoms with Crippen molar-refractivity contribution in [1.82, 2.24) is 10.4 Å². The maximum absolute atomic E-state index is 11.3. The van der Waals surface area contributed by atoms with E-state index in [0.717, 1.165) is 24.5 Å². The van der Waals surface area contributed by atoms with Crippen LogP contribution in [0.2, 0.25) is 0 Å². The number of nitrogens with one attached hydrogen (secondary N) is 2. The number of quaternary nitrogens is 1. The van der Waals surface area contributed by atoms with Gasteiger partial charge in [0.05, 0.1) is 23.8 Å². The van der Waals surface area contributed by atoms with Crippen molar-refractivity contribution in [2.75, 3.05) is 28.3 Å². The second kappa shape index (κ2) is 7.64. The fourth-order valence-electron chi connectivity index (χ4n) is 5.39. The minimum Gasteiger partial charge on any atom is -0.457 e. The van der Waals surface area contributed by atoms with Crippen LogP contribution in [0.15, 0.2) is 70.4 Å². The molecule has 10 nitrogen and oxygen atoms in total. The van der Waals surface area contributed by atoms with E-state index < -0.39 is 5.91 Å². The second-order valence-corrected chi connectivity index (χ2v) is 9.52. The molecule has 4 aliphatic heterocycles. The number of rotatable bonds is 6. The van der Waals surface area contributed by atoms with Crippen LogP contribution in [0.3, 0.4) is 0 Å². The number of hydrogen-bond acceptors (Lipinski definition) is 8. The molecule has 0 radical (unpaired) electrons. The summed E-state index contributed by atoms with van der Waals surface area (Å²) in [5.74, 6) is -0.481. The zero-order valence-electron chi connectivity index (χ0n) is 19.3. The number of nitrogens with zero attached hydrogens (tertiary/aromatic N) is 5. The molecule has 2 bridgehead atoms. The Morgan fingerprint density at radius 3 is 2.74 bits per heavy atom. The number of nitrogens with two attached hydrogens (primary N) is 1. The summed E-state index contributed by atoms with van der Waals surface area (Å²) in [7, 11) is 0. The number of benzene rings is 1. The minimum absolute atomic E-state index is 0.118. The third-order valence-corrected chi connectivity index (χ3v) is 7.12. The summed E-state index contributed by atoms with van der Waals surface area (Å²) >= 11 is 0. The Kier molecular flexibility index (Phi) is 4.68. The van der Waals surface area contributed by atoms with Gasteiger partial charge in [-0.2, -0.15) is 0 Å². The molecule has 176 valence electrons. The van der Waals surface area contributed by atoms with Crippen LogP contribution in [0.25, 0.3) is 0 Å². The molecule has 2 saturated heterocycles. The van der Waals surface area contributed by atoms with E-state index in [1.54, 1.807) is 12.3 Å². The molecule has 6 rings (SSSR count). The van der Waals surface area contributed by atoms with E-state index in [4.69, 9.17) is 10.2 Å². The lowest BCUT2D eigenvalue weighted by atomic mass is 10.2. The number of carbonyl (C=O) groups excluding carboxylic acids is 1. The number of fused-ring (bicyclic) bond motifs is 3. The Morgan fingerprint density at radius 2 is 2.06 bits per heavy atom. The Balaban J connectivity index is 1.16. The van der Waals surface area contributed by atoms with Gasteiger partial charge in [0, 0.05) is 43.0 Å². The molecular formula is C24H29N8O2+. The van der Waals surface area contributed by atoms with E-state index >= 15 is 0 Å². The van der Waals surface area contributed by atoms with E-state index in [2.05, 4.69) is 64.0 Å². The highest BCUT2D eigenvalue weighted by molar-refractivity contribution is 5.91. The predicted octanol–water partition coefficient (Wildman–Crippen LogP) is 2.53. The fraction of sp³-hybridized carbons (Fsp3) is 0.333. The van der Waals surface area contributed by atoms with Gasteiger partial charge >= 0.3 is 0 Å². The Morgan fingerprint density at radius 1 is 1.24 bits per heavy atom. The molecule has 0 spiro atoms. The smallest absolute Gasteiger partial charge is 0.284 e. The molecule has 5 heterocycles. The number of hydrazone groups is 1. The number of primary amides is 1. The third kappa shape index (κ3) is 3.34. The van der Waals surface area contributed by atoms with Gasteiger partial charge in [-0.05, 0) is 49.2 Å². The van der Waals surface area contributed by atoms with Crippen molar-refractivity contribution in [2.45, 2.75) is 38.4 Å². The first-order valence-electron chi connectivity index (χ1n) is 11.6. The number of likely N-dealkylation sites (tertiary alicyclic amines) is 1. The standard InChI is InChI=1S/C24H28N8O2/c1-16(2)30-12-20-9-19(30)13-31(20)18-5-3-17(4-6-18)27-32-8-7-29(14-22(32)11-26-28-32)21-10-23(24(25)33)34-15-21/h3-8,10-11,14-16,19-20,27-28H,9,12-13H2,1-2H3,(H-,25,33)/p+1/t19-,20-,32?/m0/s1. The van der Waals surface area contributed by atoms with Gasteiger partial charge in [-0.15, -0.1) is 10.6 Å². The van der Waals surface area contributed by atoms with E-state index in [1.807, 2.05) is 23.5 Å². The fourth-order valence-corrected chi connectivity index (χ4v) is 5.39. The second-order valence-electron chi connectivity index (χ2n) is 9.52. The maximum atomic E-state index is 11.3. The number of carbonyl (C=O) groups is 1. The molecule has 34 heavy (non-hydrogen) atoms. The lowest BCUT2D eigenvalue weighted by Crippen LogP contribution is -2.53. The van der Waals surface area contributed by atoms with Crippen LogP contribution in [0.5, 0.6) is 0 Å². The third-order valence-electron chi connectivity index (χ3n) is 7.12. The van der Waals surface area contributed by atoms with E-state index in [1.165, 1.54) is 18.4 Å². The summed E-state index contributed by atoms with van der Waals surface area (Å²) in [4.78, 5) is 18.4. The van der Waals surface area contributed by atoms with Crippen LogP contribution in [-0.4, -0.2) is 52.9 Å². The number of allylic oxidation sites excluding steroid dienone is 1. The van der Waals surface area contributed by atoms with Crippen molar-refractivity contribution in [3.63, 3.8) is 0 Å². The summed E-state index contributed by atoms with van der Waals surface area (Å²) < 4.78 is 5.39. The summed E-state index contributed by atoms with van der Waals surface area (Å²) in [5.41, 5.74) is 15.8. The van der Waals surface area contributed by atoms with Crippen LogP contribution in [0, 0.1) is 0 Å². The minimum atomic E-state index is -0.599. The van der Waals surface area contributed by atoms with Crippen LogP contribution >= 0.6 is 0 Å². The Bertz CT molecular complexity index is 1200. The summed E-state index contributed by atoms with van der Waals surface area (Å²) in [6.07, 6.45) is 10.2. The highest BCUT2D eigenvalue weighted by Gasteiger charge is 2.44. The molecule has 4 N–H and O–H groups in total.